The van der Waals surface area contributed by atoms with E-state index in [1.807, 2.05) is 4.68 Å². The van der Waals surface area contributed by atoms with E-state index >= 15 is 0 Å². The third-order valence-electron chi connectivity index (χ3n) is 1.42. The Bertz CT molecular complexity index is 274. The molecule has 0 atom stereocenters. The molecule has 4 nitrogen and oxygen atoms in total. The lowest BCUT2D eigenvalue weighted by atomic mass is 10.1. The Morgan fingerprint density at radius 1 is 1.31 bits per heavy atom. The predicted molar refractivity (Wildman–Crippen MR) is 53.8 cm³/mol. The molecule has 0 radical (unpaired) electrons. The van der Waals surface area contributed by atoms with Crippen molar-refractivity contribution >= 4 is 11.8 Å². The fraction of sp³-hybridized carbons (Fsp3) is 0.875. The number of hydrogen-bond donors (Lipinski definition) is 0. The van der Waals surface area contributed by atoms with Crippen LogP contribution in [0, 0.1) is 0 Å². The van der Waals surface area contributed by atoms with Crippen LogP contribution < -0.4 is 0 Å². The van der Waals surface area contributed by atoms with E-state index in [1.54, 1.807) is 11.8 Å². The second-order valence-corrected chi connectivity index (χ2v) is 5.75. The average molecular weight is 200 g/mol. The molecular weight excluding hydrogens is 184 g/mol. The van der Waals surface area contributed by atoms with Crippen molar-refractivity contribution < 1.29 is 0 Å². The van der Waals surface area contributed by atoms with E-state index in [0.717, 1.165) is 5.16 Å². The van der Waals surface area contributed by atoms with Crippen molar-refractivity contribution in [1.29, 1.82) is 0 Å². The van der Waals surface area contributed by atoms with Gasteiger partial charge in [-0.1, -0.05) is 25.6 Å². The fourth-order valence-electron chi connectivity index (χ4n) is 0.884. The molecule has 1 aromatic rings. The van der Waals surface area contributed by atoms with Crippen LogP contribution in [0.1, 0.15) is 34.6 Å². The first-order valence-electron chi connectivity index (χ1n) is 4.37. The molecule has 0 aliphatic rings. The van der Waals surface area contributed by atoms with E-state index in [1.165, 1.54) is 0 Å². The summed E-state index contributed by atoms with van der Waals surface area (Å²) in [6.45, 7) is 10.5. The lowest BCUT2D eigenvalue weighted by molar-refractivity contribution is 0.321. The van der Waals surface area contributed by atoms with Crippen LogP contribution in [0.3, 0.4) is 0 Å². The van der Waals surface area contributed by atoms with Gasteiger partial charge < -0.3 is 0 Å². The molecule has 1 rings (SSSR count). The Labute approximate surface area is 83.1 Å². The lowest BCUT2D eigenvalue weighted by Gasteiger charge is -2.19. The number of tetrazole rings is 1. The van der Waals surface area contributed by atoms with Gasteiger partial charge in [0.1, 0.15) is 0 Å². The lowest BCUT2D eigenvalue weighted by Crippen LogP contribution is -2.24. The smallest absolute Gasteiger partial charge is 0.210 e. The minimum absolute atomic E-state index is 0.0409. The first-order chi connectivity index (χ1) is 5.91. The Balaban J connectivity index is 2.90. The van der Waals surface area contributed by atoms with Crippen molar-refractivity contribution in [3.05, 3.63) is 0 Å². The van der Waals surface area contributed by atoms with Gasteiger partial charge in [-0.05, 0) is 31.2 Å². The molecule has 0 amide bonds. The monoisotopic (exact) mass is 200 g/mol. The average Bonchev–Trinajstić information content (AvgIpc) is 2.31. The summed E-state index contributed by atoms with van der Waals surface area (Å²) >= 11 is 1.69. The van der Waals surface area contributed by atoms with E-state index < -0.39 is 0 Å². The predicted octanol–water partition coefficient (Wildman–Crippen LogP) is 1.93. The van der Waals surface area contributed by atoms with Gasteiger partial charge in [0.05, 0.1) is 5.54 Å². The Hall–Kier alpha value is -0.580. The van der Waals surface area contributed by atoms with Crippen LogP contribution in [-0.2, 0) is 5.54 Å². The number of nitrogens with zero attached hydrogens (tertiary/aromatic N) is 4. The molecule has 1 heterocycles. The standard InChI is InChI=1S/C8H16N4S/c1-6(2)13-7-9-10-11-12(7)8(3,4)5/h6H,1-5H3. The third-order valence-corrected chi connectivity index (χ3v) is 2.35. The molecule has 0 spiro atoms. The molecular formula is C8H16N4S. The number of hydrogen-bond acceptors (Lipinski definition) is 4. The van der Waals surface area contributed by atoms with Gasteiger partial charge >= 0.3 is 0 Å². The number of rotatable bonds is 2. The van der Waals surface area contributed by atoms with E-state index in [2.05, 4.69) is 50.1 Å². The summed E-state index contributed by atoms with van der Waals surface area (Å²) in [5, 5.41) is 13.0. The maximum Gasteiger partial charge on any atom is 0.210 e. The summed E-state index contributed by atoms with van der Waals surface area (Å²) in [5.74, 6) is 0. The largest absolute Gasteiger partial charge is 0.215 e. The van der Waals surface area contributed by atoms with Crippen molar-refractivity contribution in [2.75, 3.05) is 0 Å². The SMILES string of the molecule is CC(C)Sc1nnnn1C(C)(C)C. The zero-order valence-corrected chi connectivity index (χ0v) is 9.59. The van der Waals surface area contributed by atoms with Crippen LogP contribution in [0.4, 0.5) is 0 Å². The minimum Gasteiger partial charge on any atom is -0.215 e. The summed E-state index contributed by atoms with van der Waals surface area (Å²) in [6, 6.07) is 0. The van der Waals surface area contributed by atoms with E-state index in [4.69, 9.17) is 0 Å². The first-order valence-corrected chi connectivity index (χ1v) is 5.25. The zero-order valence-electron chi connectivity index (χ0n) is 8.77. The van der Waals surface area contributed by atoms with E-state index in [0.29, 0.717) is 5.25 Å². The maximum absolute atomic E-state index is 3.99. The topological polar surface area (TPSA) is 43.6 Å². The molecule has 0 saturated carbocycles. The fourth-order valence-corrected chi connectivity index (χ4v) is 1.80. The molecule has 0 N–H and O–H groups in total. The van der Waals surface area contributed by atoms with Crippen molar-refractivity contribution in [3.63, 3.8) is 0 Å². The van der Waals surface area contributed by atoms with Gasteiger partial charge in [0.15, 0.2) is 0 Å². The van der Waals surface area contributed by atoms with Gasteiger partial charge in [-0.3, -0.25) is 0 Å². The van der Waals surface area contributed by atoms with E-state index in [9.17, 15) is 0 Å². The van der Waals surface area contributed by atoms with Crippen molar-refractivity contribution in [1.82, 2.24) is 20.2 Å². The van der Waals surface area contributed by atoms with Crippen LogP contribution in [0.5, 0.6) is 0 Å². The quantitative estimate of drug-likeness (QED) is 0.684. The molecule has 0 fully saturated rings. The van der Waals surface area contributed by atoms with Gasteiger partial charge in [0.25, 0.3) is 0 Å². The molecule has 0 saturated heterocycles. The highest BCUT2D eigenvalue weighted by molar-refractivity contribution is 7.99. The number of thioether (sulfide) groups is 1. The molecule has 0 unspecified atom stereocenters. The van der Waals surface area contributed by atoms with Gasteiger partial charge in [-0.25, -0.2) is 4.68 Å². The normalized spacial score (nSPS) is 12.5. The highest BCUT2D eigenvalue weighted by Gasteiger charge is 2.20. The van der Waals surface area contributed by atoms with Crippen LogP contribution in [-0.4, -0.2) is 25.5 Å². The zero-order chi connectivity index (χ0) is 10.1. The second kappa shape index (κ2) is 3.65. The summed E-state index contributed by atoms with van der Waals surface area (Å²) in [4.78, 5) is 0. The van der Waals surface area contributed by atoms with Crippen molar-refractivity contribution in [3.8, 4) is 0 Å². The van der Waals surface area contributed by atoms with E-state index in [-0.39, 0.29) is 5.54 Å². The summed E-state index contributed by atoms with van der Waals surface area (Å²) in [5.41, 5.74) is -0.0409. The molecule has 0 bridgehead atoms. The van der Waals surface area contributed by atoms with Crippen LogP contribution in [0.15, 0.2) is 5.16 Å². The highest BCUT2D eigenvalue weighted by Crippen LogP contribution is 2.24. The highest BCUT2D eigenvalue weighted by atomic mass is 32.2. The Morgan fingerprint density at radius 2 is 1.92 bits per heavy atom. The molecule has 0 aromatic carbocycles. The van der Waals surface area contributed by atoms with Crippen LogP contribution in [0.2, 0.25) is 0 Å². The van der Waals surface area contributed by atoms with Gasteiger partial charge in [0, 0.05) is 5.25 Å². The molecule has 0 aliphatic carbocycles. The van der Waals surface area contributed by atoms with Crippen molar-refractivity contribution in [2.45, 2.75) is 50.6 Å². The van der Waals surface area contributed by atoms with Gasteiger partial charge in [-0.2, -0.15) is 0 Å². The summed E-state index contributed by atoms with van der Waals surface area (Å²) in [7, 11) is 0. The number of aromatic nitrogens is 4. The third kappa shape index (κ3) is 2.69. The van der Waals surface area contributed by atoms with Crippen LogP contribution >= 0.6 is 11.8 Å². The second-order valence-electron chi connectivity index (χ2n) is 4.21. The summed E-state index contributed by atoms with van der Waals surface area (Å²) < 4.78 is 1.86. The Morgan fingerprint density at radius 3 is 2.38 bits per heavy atom. The molecule has 1 aromatic heterocycles. The maximum atomic E-state index is 3.99. The first kappa shape index (κ1) is 10.5. The Kier molecular flexibility index (Phi) is 2.95. The van der Waals surface area contributed by atoms with Crippen LogP contribution in [0.25, 0.3) is 0 Å². The van der Waals surface area contributed by atoms with Crippen molar-refractivity contribution in [2.24, 2.45) is 0 Å². The molecule has 13 heavy (non-hydrogen) atoms. The molecule has 74 valence electrons. The van der Waals surface area contributed by atoms with Gasteiger partial charge in [0.2, 0.25) is 5.16 Å². The summed E-state index contributed by atoms with van der Waals surface area (Å²) in [6.07, 6.45) is 0. The van der Waals surface area contributed by atoms with Gasteiger partial charge in [-0.15, -0.1) is 5.10 Å². The molecule has 5 heteroatoms. The minimum atomic E-state index is -0.0409. The molecule has 0 aliphatic heterocycles.